The van der Waals surface area contributed by atoms with Crippen molar-refractivity contribution in [1.82, 2.24) is 15.1 Å². The van der Waals surface area contributed by atoms with Crippen molar-refractivity contribution < 1.29 is 9.53 Å². The van der Waals surface area contributed by atoms with Crippen LogP contribution in [0.3, 0.4) is 0 Å². The quantitative estimate of drug-likeness (QED) is 0.679. The molecule has 0 bridgehead atoms. The van der Waals surface area contributed by atoms with Gasteiger partial charge in [-0.1, -0.05) is 44.2 Å². The molecule has 0 radical (unpaired) electrons. The average molecular weight is 425 g/mol. The molecule has 0 aliphatic carbocycles. The Kier molecular flexibility index (Phi) is 8.32. The summed E-state index contributed by atoms with van der Waals surface area (Å²) in [7, 11) is 3.84. The molecule has 1 fully saturated rings. The van der Waals surface area contributed by atoms with E-state index in [0.29, 0.717) is 18.5 Å². The van der Waals surface area contributed by atoms with Gasteiger partial charge in [0.2, 0.25) is 0 Å². The second-order valence-electron chi connectivity index (χ2n) is 8.67. The number of likely N-dealkylation sites (N-methyl/N-ethyl adjacent to an activating group) is 1. The summed E-state index contributed by atoms with van der Waals surface area (Å²) in [5, 5.41) is 6.07. The van der Waals surface area contributed by atoms with Gasteiger partial charge in [0.05, 0.1) is 7.11 Å². The third kappa shape index (κ3) is 6.71. The summed E-state index contributed by atoms with van der Waals surface area (Å²) in [6.07, 6.45) is 0.750. The number of urea groups is 1. The number of anilines is 1. The number of benzene rings is 2. The van der Waals surface area contributed by atoms with Gasteiger partial charge in [0, 0.05) is 56.4 Å². The number of ether oxygens (including phenoxy) is 1. The Balaban J connectivity index is 1.59. The van der Waals surface area contributed by atoms with Gasteiger partial charge in [-0.2, -0.15) is 0 Å². The molecule has 2 aromatic carbocycles. The van der Waals surface area contributed by atoms with Crippen LogP contribution in [0.25, 0.3) is 0 Å². The normalized spacial score (nSPS) is 16.2. The van der Waals surface area contributed by atoms with Crippen LogP contribution in [-0.4, -0.2) is 68.8 Å². The summed E-state index contributed by atoms with van der Waals surface area (Å²) in [6, 6.07) is 16.2. The molecule has 0 aromatic heterocycles. The third-order valence-electron chi connectivity index (χ3n) is 6.02. The lowest BCUT2D eigenvalue weighted by Gasteiger charge is -2.39. The first-order valence-corrected chi connectivity index (χ1v) is 11.1. The molecular formula is C25H36N4O2. The summed E-state index contributed by atoms with van der Waals surface area (Å²) in [6.45, 7) is 9.33. The molecule has 3 rings (SSSR count). The number of carbonyl (C=O) groups excluding carboxylic acids is 1. The van der Waals surface area contributed by atoms with E-state index in [-0.39, 0.29) is 6.03 Å². The number of amides is 2. The molecule has 6 heteroatoms. The van der Waals surface area contributed by atoms with Crippen molar-refractivity contribution in [3.63, 3.8) is 0 Å². The first kappa shape index (κ1) is 23.1. The third-order valence-corrected chi connectivity index (χ3v) is 6.02. The van der Waals surface area contributed by atoms with Gasteiger partial charge in [-0.25, -0.2) is 4.79 Å². The second kappa shape index (κ2) is 11.2. The Hall–Kier alpha value is -2.57. The molecule has 0 spiro atoms. The number of rotatable bonds is 8. The summed E-state index contributed by atoms with van der Waals surface area (Å²) in [5.41, 5.74) is 3.02. The van der Waals surface area contributed by atoms with E-state index in [1.165, 1.54) is 5.56 Å². The van der Waals surface area contributed by atoms with Crippen molar-refractivity contribution in [2.24, 2.45) is 5.92 Å². The van der Waals surface area contributed by atoms with Crippen LogP contribution in [0, 0.1) is 5.92 Å². The van der Waals surface area contributed by atoms with Crippen molar-refractivity contribution in [3.8, 4) is 5.75 Å². The van der Waals surface area contributed by atoms with Crippen LogP contribution in [0.5, 0.6) is 5.75 Å². The summed E-state index contributed by atoms with van der Waals surface area (Å²) < 4.78 is 5.52. The lowest BCUT2D eigenvalue weighted by Crippen LogP contribution is -2.54. The van der Waals surface area contributed by atoms with E-state index >= 15 is 0 Å². The van der Waals surface area contributed by atoms with Crippen LogP contribution in [-0.2, 0) is 6.42 Å². The minimum absolute atomic E-state index is 0.171. The fourth-order valence-electron chi connectivity index (χ4n) is 4.12. The zero-order valence-electron chi connectivity index (χ0n) is 19.2. The maximum atomic E-state index is 12.6. The Bertz CT molecular complexity index is 833. The molecule has 1 saturated heterocycles. The Morgan fingerprint density at radius 3 is 2.42 bits per heavy atom. The highest BCUT2D eigenvalue weighted by molar-refractivity contribution is 5.89. The summed E-state index contributed by atoms with van der Waals surface area (Å²) in [4.78, 5) is 17.5. The molecule has 2 aromatic rings. The second-order valence-corrected chi connectivity index (χ2v) is 8.67. The zero-order valence-corrected chi connectivity index (χ0v) is 19.2. The zero-order chi connectivity index (χ0) is 22.2. The molecule has 168 valence electrons. The number of nitrogens with zero attached hydrogens (tertiary/aromatic N) is 2. The maximum Gasteiger partial charge on any atom is 0.319 e. The molecule has 1 atom stereocenters. The number of piperazine rings is 1. The molecule has 2 N–H and O–H groups in total. The molecule has 1 unspecified atom stereocenters. The van der Waals surface area contributed by atoms with E-state index in [9.17, 15) is 4.79 Å². The number of hydrogen-bond donors (Lipinski definition) is 2. The Morgan fingerprint density at radius 1 is 1.06 bits per heavy atom. The van der Waals surface area contributed by atoms with Crippen LogP contribution in [0.1, 0.15) is 25.0 Å². The minimum atomic E-state index is -0.171. The highest BCUT2D eigenvalue weighted by Crippen LogP contribution is 2.25. The minimum Gasteiger partial charge on any atom is -0.496 e. The summed E-state index contributed by atoms with van der Waals surface area (Å²) in [5.74, 6) is 1.30. The van der Waals surface area contributed by atoms with E-state index in [2.05, 4.69) is 53.5 Å². The fraction of sp³-hybridized carbons (Fsp3) is 0.480. The lowest BCUT2D eigenvalue weighted by atomic mass is 10.0. The molecule has 31 heavy (non-hydrogen) atoms. The van der Waals surface area contributed by atoms with Gasteiger partial charge < -0.3 is 20.3 Å². The van der Waals surface area contributed by atoms with Crippen LogP contribution < -0.4 is 15.4 Å². The van der Waals surface area contributed by atoms with Crippen LogP contribution in [0.4, 0.5) is 10.5 Å². The van der Waals surface area contributed by atoms with Crippen LogP contribution in [0.15, 0.2) is 48.5 Å². The molecule has 0 saturated carbocycles. The lowest BCUT2D eigenvalue weighted by molar-refractivity contribution is 0.0890. The maximum absolute atomic E-state index is 12.6. The number of carbonyl (C=O) groups is 1. The van der Waals surface area contributed by atoms with Gasteiger partial charge in [0.25, 0.3) is 0 Å². The molecule has 1 aliphatic rings. The van der Waals surface area contributed by atoms with Gasteiger partial charge in [-0.3, -0.25) is 4.90 Å². The standard InChI is InChI=1S/C25H36N4O2/c1-19(2)23(29-14-12-28(3)13-15-29)18-26-25(30)27-22-10-11-24(31-4)21(17-22)16-20-8-6-5-7-9-20/h5-11,17,19,23H,12-16,18H2,1-4H3,(H2,26,27,30). The predicted octanol–water partition coefficient (Wildman–Crippen LogP) is 3.68. The molecular weight excluding hydrogens is 388 g/mol. The van der Waals surface area contributed by atoms with Crippen molar-refractivity contribution in [3.05, 3.63) is 59.7 Å². The van der Waals surface area contributed by atoms with Gasteiger partial charge >= 0.3 is 6.03 Å². The average Bonchev–Trinajstić information content (AvgIpc) is 2.76. The van der Waals surface area contributed by atoms with Gasteiger partial charge in [0.15, 0.2) is 0 Å². The van der Waals surface area contributed by atoms with Crippen molar-refractivity contribution in [2.45, 2.75) is 26.3 Å². The predicted molar refractivity (Wildman–Crippen MR) is 127 cm³/mol. The van der Waals surface area contributed by atoms with Crippen molar-refractivity contribution in [2.75, 3.05) is 52.2 Å². The number of methoxy groups -OCH3 is 1. The molecule has 6 nitrogen and oxygen atoms in total. The van der Waals surface area contributed by atoms with Crippen LogP contribution >= 0.6 is 0 Å². The highest BCUT2D eigenvalue weighted by Gasteiger charge is 2.25. The van der Waals surface area contributed by atoms with Crippen LogP contribution in [0.2, 0.25) is 0 Å². The van der Waals surface area contributed by atoms with E-state index in [4.69, 9.17) is 4.74 Å². The van der Waals surface area contributed by atoms with Crippen molar-refractivity contribution >= 4 is 11.7 Å². The van der Waals surface area contributed by atoms with Crippen molar-refractivity contribution in [1.29, 1.82) is 0 Å². The molecule has 2 amide bonds. The Labute approximate surface area is 186 Å². The monoisotopic (exact) mass is 424 g/mol. The first-order chi connectivity index (χ1) is 15.0. The fourth-order valence-corrected chi connectivity index (χ4v) is 4.12. The van der Waals surface area contributed by atoms with E-state index < -0.39 is 0 Å². The largest absolute Gasteiger partial charge is 0.496 e. The Morgan fingerprint density at radius 2 is 1.77 bits per heavy atom. The van der Waals surface area contributed by atoms with Gasteiger partial charge in [0.1, 0.15) is 5.75 Å². The van der Waals surface area contributed by atoms with E-state index in [0.717, 1.165) is 49.6 Å². The van der Waals surface area contributed by atoms with Gasteiger partial charge in [-0.05, 0) is 36.7 Å². The highest BCUT2D eigenvalue weighted by atomic mass is 16.5. The topological polar surface area (TPSA) is 56.8 Å². The smallest absolute Gasteiger partial charge is 0.319 e. The molecule has 1 heterocycles. The summed E-state index contributed by atoms with van der Waals surface area (Å²) >= 11 is 0. The number of hydrogen-bond acceptors (Lipinski definition) is 4. The van der Waals surface area contributed by atoms with E-state index in [1.807, 2.05) is 36.4 Å². The number of nitrogens with one attached hydrogen (secondary N) is 2. The van der Waals surface area contributed by atoms with E-state index in [1.54, 1.807) is 7.11 Å². The SMILES string of the molecule is COc1ccc(NC(=O)NCC(C(C)C)N2CCN(C)CC2)cc1Cc1ccccc1. The van der Waals surface area contributed by atoms with Gasteiger partial charge in [-0.15, -0.1) is 0 Å². The first-order valence-electron chi connectivity index (χ1n) is 11.1. The molecule has 1 aliphatic heterocycles.